The van der Waals surface area contributed by atoms with E-state index >= 15 is 0 Å². The number of piperazine rings is 1. The molecule has 0 aromatic rings. The standard InChI is InChI=1S/C9H20N2O/c1-7(8(2)12)5-9-6-10-3-4-11-9/h7-12H,3-6H2,1-2H3. The fourth-order valence-corrected chi connectivity index (χ4v) is 1.53. The van der Waals surface area contributed by atoms with Crippen molar-refractivity contribution < 1.29 is 5.11 Å². The number of rotatable bonds is 3. The van der Waals surface area contributed by atoms with Gasteiger partial charge in [0.1, 0.15) is 0 Å². The van der Waals surface area contributed by atoms with Gasteiger partial charge in [0, 0.05) is 25.7 Å². The predicted octanol–water partition coefficient (Wildman–Crippen LogP) is -0.0452. The lowest BCUT2D eigenvalue weighted by Gasteiger charge is -2.27. The summed E-state index contributed by atoms with van der Waals surface area (Å²) >= 11 is 0. The Morgan fingerprint density at radius 2 is 2.17 bits per heavy atom. The molecule has 3 atom stereocenters. The first-order valence-electron chi connectivity index (χ1n) is 4.82. The van der Waals surface area contributed by atoms with Crippen molar-refractivity contribution in [2.24, 2.45) is 5.92 Å². The van der Waals surface area contributed by atoms with Gasteiger partial charge >= 0.3 is 0 Å². The quantitative estimate of drug-likeness (QED) is 0.559. The van der Waals surface area contributed by atoms with Crippen LogP contribution in [0.15, 0.2) is 0 Å². The smallest absolute Gasteiger partial charge is 0.0538 e. The van der Waals surface area contributed by atoms with Crippen LogP contribution in [0, 0.1) is 5.92 Å². The second-order valence-corrected chi connectivity index (χ2v) is 3.81. The molecule has 0 bridgehead atoms. The van der Waals surface area contributed by atoms with Gasteiger partial charge in [0.05, 0.1) is 6.10 Å². The monoisotopic (exact) mass is 172 g/mol. The lowest BCUT2D eigenvalue weighted by Crippen LogP contribution is -2.49. The van der Waals surface area contributed by atoms with Gasteiger partial charge in [-0.2, -0.15) is 0 Å². The number of hydrogen-bond acceptors (Lipinski definition) is 3. The minimum atomic E-state index is -0.186. The van der Waals surface area contributed by atoms with Gasteiger partial charge in [-0.05, 0) is 19.3 Å². The van der Waals surface area contributed by atoms with Crippen LogP contribution in [0.2, 0.25) is 0 Å². The number of aliphatic hydroxyl groups excluding tert-OH is 1. The van der Waals surface area contributed by atoms with Gasteiger partial charge in [0.25, 0.3) is 0 Å². The number of hydrogen-bond donors (Lipinski definition) is 3. The lowest BCUT2D eigenvalue weighted by atomic mass is 9.96. The highest BCUT2D eigenvalue weighted by Crippen LogP contribution is 2.10. The molecule has 1 fully saturated rings. The van der Waals surface area contributed by atoms with Crippen molar-refractivity contribution >= 4 is 0 Å². The van der Waals surface area contributed by atoms with Crippen LogP contribution in [0.4, 0.5) is 0 Å². The second kappa shape index (κ2) is 4.80. The zero-order valence-electron chi connectivity index (χ0n) is 8.01. The molecule has 1 rings (SSSR count). The van der Waals surface area contributed by atoms with E-state index in [-0.39, 0.29) is 6.10 Å². The minimum Gasteiger partial charge on any atom is -0.393 e. The Labute approximate surface area is 74.5 Å². The van der Waals surface area contributed by atoms with E-state index in [9.17, 15) is 5.11 Å². The van der Waals surface area contributed by atoms with Gasteiger partial charge in [0.15, 0.2) is 0 Å². The predicted molar refractivity (Wildman–Crippen MR) is 50.1 cm³/mol. The third-order valence-corrected chi connectivity index (χ3v) is 2.61. The maximum absolute atomic E-state index is 9.30. The van der Waals surface area contributed by atoms with E-state index in [4.69, 9.17) is 0 Å². The Hall–Kier alpha value is -0.120. The fourth-order valence-electron chi connectivity index (χ4n) is 1.53. The van der Waals surface area contributed by atoms with Gasteiger partial charge in [0.2, 0.25) is 0 Å². The molecule has 1 heterocycles. The Morgan fingerprint density at radius 3 is 2.67 bits per heavy atom. The molecule has 0 aromatic carbocycles. The molecule has 0 saturated carbocycles. The van der Waals surface area contributed by atoms with Crippen molar-refractivity contribution in [2.45, 2.75) is 32.4 Å². The third kappa shape index (κ3) is 3.09. The summed E-state index contributed by atoms with van der Waals surface area (Å²) in [7, 11) is 0. The average Bonchev–Trinajstić information content (AvgIpc) is 2.06. The molecule has 1 saturated heterocycles. The highest BCUT2D eigenvalue weighted by atomic mass is 16.3. The van der Waals surface area contributed by atoms with E-state index in [1.165, 1.54) is 0 Å². The summed E-state index contributed by atoms with van der Waals surface area (Å²) in [5.74, 6) is 0.391. The zero-order valence-corrected chi connectivity index (χ0v) is 8.01. The second-order valence-electron chi connectivity index (χ2n) is 3.81. The van der Waals surface area contributed by atoms with E-state index in [1.807, 2.05) is 6.92 Å². The molecule has 3 unspecified atom stereocenters. The van der Waals surface area contributed by atoms with Crippen molar-refractivity contribution in [3.8, 4) is 0 Å². The Balaban J connectivity index is 2.20. The van der Waals surface area contributed by atoms with E-state index in [0.717, 1.165) is 26.1 Å². The summed E-state index contributed by atoms with van der Waals surface area (Å²) in [5.41, 5.74) is 0. The summed E-state index contributed by atoms with van der Waals surface area (Å²) in [5, 5.41) is 16.1. The summed E-state index contributed by atoms with van der Waals surface area (Å²) in [6.45, 7) is 7.12. The van der Waals surface area contributed by atoms with E-state index in [0.29, 0.717) is 12.0 Å². The van der Waals surface area contributed by atoms with Crippen LogP contribution < -0.4 is 10.6 Å². The Bertz CT molecular complexity index is 122. The maximum atomic E-state index is 9.30. The largest absolute Gasteiger partial charge is 0.393 e. The first kappa shape index (κ1) is 9.96. The molecule has 0 amide bonds. The molecule has 12 heavy (non-hydrogen) atoms. The third-order valence-electron chi connectivity index (χ3n) is 2.61. The SMILES string of the molecule is CC(O)C(C)CC1CNCCN1. The van der Waals surface area contributed by atoms with Gasteiger partial charge in [-0.25, -0.2) is 0 Å². The van der Waals surface area contributed by atoms with Gasteiger partial charge in [-0.15, -0.1) is 0 Å². The van der Waals surface area contributed by atoms with E-state index < -0.39 is 0 Å². The van der Waals surface area contributed by atoms with Gasteiger partial charge in [-0.1, -0.05) is 6.92 Å². The molecule has 3 nitrogen and oxygen atoms in total. The van der Waals surface area contributed by atoms with E-state index in [1.54, 1.807) is 0 Å². The molecule has 0 aliphatic carbocycles. The van der Waals surface area contributed by atoms with Gasteiger partial charge in [-0.3, -0.25) is 0 Å². The molecule has 72 valence electrons. The molecule has 1 aliphatic heterocycles. The lowest BCUT2D eigenvalue weighted by molar-refractivity contribution is 0.121. The molecule has 0 radical (unpaired) electrons. The molecular formula is C9H20N2O. The Morgan fingerprint density at radius 1 is 1.42 bits per heavy atom. The number of nitrogens with one attached hydrogen (secondary N) is 2. The van der Waals surface area contributed by atoms with Crippen molar-refractivity contribution in [3.05, 3.63) is 0 Å². The molecular weight excluding hydrogens is 152 g/mol. The van der Waals surface area contributed by atoms with Gasteiger partial charge < -0.3 is 15.7 Å². The zero-order chi connectivity index (χ0) is 8.97. The Kier molecular flexibility index (Phi) is 3.98. The van der Waals surface area contributed by atoms with Crippen molar-refractivity contribution in [3.63, 3.8) is 0 Å². The van der Waals surface area contributed by atoms with Crippen molar-refractivity contribution in [1.82, 2.24) is 10.6 Å². The highest BCUT2D eigenvalue weighted by Gasteiger charge is 2.17. The van der Waals surface area contributed by atoms with Crippen LogP contribution in [-0.2, 0) is 0 Å². The van der Waals surface area contributed by atoms with Crippen LogP contribution in [0.25, 0.3) is 0 Å². The van der Waals surface area contributed by atoms with Crippen molar-refractivity contribution in [2.75, 3.05) is 19.6 Å². The minimum absolute atomic E-state index is 0.186. The normalized spacial score (nSPS) is 29.8. The van der Waals surface area contributed by atoms with Crippen LogP contribution in [0.5, 0.6) is 0 Å². The average molecular weight is 172 g/mol. The van der Waals surface area contributed by atoms with Crippen LogP contribution >= 0.6 is 0 Å². The molecule has 3 N–H and O–H groups in total. The van der Waals surface area contributed by atoms with Crippen LogP contribution in [0.1, 0.15) is 20.3 Å². The molecule has 0 spiro atoms. The molecule has 3 heteroatoms. The highest BCUT2D eigenvalue weighted by molar-refractivity contribution is 4.78. The van der Waals surface area contributed by atoms with Crippen LogP contribution in [0.3, 0.4) is 0 Å². The fraction of sp³-hybridized carbons (Fsp3) is 1.00. The maximum Gasteiger partial charge on any atom is 0.0538 e. The van der Waals surface area contributed by atoms with E-state index in [2.05, 4.69) is 17.6 Å². The first-order valence-corrected chi connectivity index (χ1v) is 4.82. The summed E-state index contributed by atoms with van der Waals surface area (Å²) in [6.07, 6.45) is 0.874. The topological polar surface area (TPSA) is 44.3 Å². The molecule has 1 aliphatic rings. The summed E-state index contributed by atoms with van der Waals surface area (Å²) in [4.78, 5) is 0. The van der Waals surface area contributed by atoms with Crippen molar-refractivity contribution in [1.29, 1.82) is 0 Å². The first-order chi connectivity index (χ1) is 5.70. The van der Waals surface area contributed by atoms with Crippen LogP contribution in [-0.4, -0.2) is 36.9 Å². The summed E-state index contributed by atoms with van der Waals surface area (Å²) in [6, 6.07) is 0.545. The number of aliphatic hydroxyl groups is 1. The summed E-state index contributed by atoms with van der Waals surface area (Å²) < 4.78 is 0. The molecule has 0 aromatic heterocycles.